The van der Waals surface area contributed by atoms with Crippen molar-refractivity contribution in [3.8, 4) is 0 Å². The lowest BCUT2D eigenvalue weighted by Gasteiger charge is -2.32. The summed E-state index contributed by atoms with van der Waals surface area (Å²) in [6.07, 6.45) is 0.139. The summed E-state index contributed by atoms with van der Waals surface area (Å²) >= 11 is 0. The fraction of sp³-hybridized carbons (Fsp3) is 0.538. The van der Waals surface area contributed by atoms with Gasteiger partial charge in [-0.2, -0.15) is 4.39 Å². The highest BCUT2D eigenvalue weighted by Crippen LogP contribution is 2.37. The van der Waals surface area contributed by atoms with Gasteiger partial charge in [-0.25, -0.2) is 0 Å². The molecule has 0 aromatic heterocycles. The molecule has 1 aliphatic rings. The van der Waals surface area contributed by atoms with Crippen molar-refractivity contribution >= 4 is 12.8 Å². The first-order valence-electron chi connectivity index (χ1n) is 6.41. The first-order valence-corrected chi connectivity index (χ1v) is 6.41. The molecule has 1 aliphatic heterocycles. The molecule has 20 heavy (non-hydrogen) atoms. The molecule has 0 unspecified atom stereocenters. The van der Waals surface area contributed by atoms with Gasteiger partial charge in [-0.05, 0) is 33.3 Å². The van der Waals surface area contributed by atoms with Crippen molar-refractivity contribution in [2.24, 2.45) is 0 Å². The lowest BCUT2D eigenvalue weighted by atomic mass is 9.80. The molecule has 0 radical (unpaired) electrons. The van der Waals surface area contributed by atoms with E-state index in [2.05, 4.69) is 0 Å². The molecule has 0 amide bonds. The number of nitro groups is 1. The number of hydrogen-bond donors (Lipinski definition) is 0. The standard InChI is InChI=1S/C13H17BFNO4/c1-12(2)13(3,4)20-14(19-12)8-9-6-5-7-10(11(9)15)16(17)18/h5-7H,8H2,1-4H3. The van der Waals surface area contributed by atoms with Crippen LogP contribution >= 0.6 is 0 Å². The number of hydrogen-bond acceptors (Lipinski definition) is 4. The topological polar surface area (TPSA) is 61.6 Å². The molecule has 0 saturated carbocycles. The fourth-order valence-electron chi connectivity index (χ4n) is 2.09. The second-order valence-electron chi connectivity index (χ2n) is 5.90. The van der Waals surface area contributed by atoms with Crippen molar-refractivity contribution in [2.75, 3.05) is 0 Å². The molecule has 1 fully saturated rings. The largest absolute Gasteiger partial charge is 0.462 e. The van der Waals surface area contributed by atoms with Crippen LogP contribution in [0, 0.1) is 15.9 Å². The van der Waals surface area contributed by atoms with Crippen LogP contribution in [-0.4, -0.2) is 23.2 Å². The summed E-state index contributed by atoms with van der Waals surface area (Å²) in [7, 11) is -0.614. The molecule has 0 atom stereocenters. The van der Waals surface area contributed by atoms with E-state index in [1.165, 1.54) is 12.1 Å². The molecule has 0 bridgehead atoms. The Morgan fingerprint density at radius 1 is 1.25 bits per heavy atom. The van der Waals surface area contributed by atoms with E-state index in [-0.39, 0.29) is 11.9 Å². The fourth-order valence-corrected chi connectivity index (χ4v) is 2.09. The molecule has 108 valence electrons. The van der Waals surface area contributed by atoms with Crippen LogP contribution in [0.25, 0.3) is 0 Å². The van der Waals surface area contributed by atoms with Gasteiger partial charge in [0.2, 0.25) is 5.82 Å². The summed E-state index contributed by atoms with van der Waals surface area (Å²) in [5.41, 5.74) is -1.32. The Morgan fingerprint density at radius 2 is 1.80 bits per heavy atom. The normalized spacial score (nSPS) is 20.1. The van der Waals surface area contributed by atoms with Gasteiger partial charge in [0.1, 0.15) is 0 Å². The highest BCUT2D eigenvalue weighted by molar-refractivity contribution is 6.45. The zero-order chi connectivity index (χ0) is 15.1. The van der Waals surface area contributed by atoms with E-state index in [0.717, 1.165) is 6.07 Å². The second-order valence-corrected chi connectivity index (χ2v) is 5.90. The molecule has 1 heterocycles. The molecule has 1 aromatic rings. The second kappa shape index (κ2) is 4.82. The van der Waals surface area contributed by atoms with Crippen LogP contribution in [0.5, 0.6) is 0 Å². The zero-order valence-electron chi connectivity index (χ0n) is 12.0. The van der Waals surface area contributed by atoms with E-state index < -0.39 is 34.7 Å². The predicted octanol–water partition coefficient (Wildman–Crippen LogP) is 2.91. The Labute approximate surface area is 117 Å². The van der Waals surface area contributed by atoms with Crippen molar-refractivity contribution in [2.45, 2.75) is 45.2 Å². The van der Waals surface area contributed by atoms with E-state index >= 15 is 0 Å². The van der Waals surface area contributed by atoms with Crippen LogP contribution in [0.3, 0.4) is 0 Å². The molecular formula is C13H17BFNO4. The summed E-state index contributed by atoms with van der Waals surface area (Å²) in [5.74, 6) is -0.827. The Hall–Kier alpha value is -1.47. The molecular weight excluding hydrogens is 264 g/mol. The summed E-state index contributed by atoms with van der Waals surface area (Å²) in [6.45, 7) is 7.60. The molecule has 0 spiro atoms. The summed E-state index contributed by atoms with van der Waals surface area (Å²) in [5, 5.41) is 10.7. The highest BCUT2D eigenvalue weighted by Gasteiger charge is 2.51. The molecule has 0 N–H and O–H groups in total. The zero-order valence-corrected chi connectivity index (χ0v) is 12.0. The highest BCUT2D eigenvalue weighted by atomic mass is 19.1. The summed E-state index contributed by atoms with van der Waals surface area (Å²) in [6, 6.07) is 4.11. The first-order chi connectivity index (χ1) is 9.14. The third-order valence-electron chi connectivity index (χ3n) is 3.94. The van der Waals surface area contributed by atoms with E-state index in [1.54, 1.807) is 0 Å². The molecule has 1 saturated heterocycles. The maximum absolute atomic E-state index is 14.0. The quantitative estimate of drug-likeness (QED) is 0.485. The lowest BCUT2D eigenvalue weighted by Crippen LogP contribution is -2.41. The lowest BCUT2D eigenvalue weighted by molar-refractivity contribution is -0.387. The van der Waals surface area contributed by atoms with Gasteiger partial charge in [-0.1, -0.05) is 12.1 Å². The average Bonchev–Trinajstić information content (AvgIpc) is 2.49. The third kappa shape index (κ3) is 2.55. The van der Waals surface area contributed by atoms with Gasteiger partial charge >= 0.3 is 12.8 Å². The van der Waals surface area contributed by atoms with E-state index in [0.29, 0.717) is 0 Å². The van der Waals surface area contributed by atoms with Crippen molar-refractivity contribution in [1.29, 1.82) is 0 Å². The number of rotatable bonds is 3. The van der Waals surface area contributed by atoms with Gasteiger partial charge in [-0.3, -0.25) is 10.1 Å². The van der Waals surface area contributed by atoms with Crippen molar-refractivity contribution in [3.63, 3.8) is 0 Å². The molecule has 1 aromatic carbocycles. The maximum atomic E-state index is 14.0. The minimum atomic E-state index is -0.827. The number of halogens is 1. The van der Waals surface area contributed by atoms with Gasteiger partial charge < -0.3 is 9.31 Å². The van der Waals surface area contributed by atoms with Crippen molar-refractivity contribution in [3.05, 3.63) is 39.7 Å². The summed E-state index contributed by atoms with van der Waals surface area (Å²) < 4.78 is 25.5. The van der Waals surface area contributed by atoms with E-state index in [9.17, 15) is 14.5 Å². The van der Waals surface area contributed by atoms with Crippen molar-refractivity contribution in [1.82, 2.24) is 0 Å². The van der Waals surface area contributed by atoms with Gasteiger partial charge in [0, 0.05) is 12.4 Å². The molecule has 0 aliphatic carbocycles. The SMILES string of the molecule is CC1(C)OB(Cc2cccc([N+](=O)[O-])c2F)OC1(C)C. The number of benzene rings is 1. The molecule has 5 nitrogen and oxygen atoms in total. The van der Waals surface area contributed by atoms with Crippen LogP contribution in [0.1, 0.15) is 33.3 Å². The first kappa shape index (κ1) is 14.9. The smallest absolute Gasteiger partial charge is 0.403 e. The third-order valence-corrected chi connectivity index (χ3v) is 3.94. The van der Waals surface area contributed by atoms with E-state index in [1.807, 2.05) is 27.7 Å². The van der Waals surface area contributed by atoms with Crippen LogP contribution < -0.4 is 0 Å². The van der Waals surface area contributed by atoms with Crippen LogP contribution in [-0.2, 0) is 15.6 Å². The Morgan fingerprint density at radius 3 is 2.30 bits per heavy atom. The maximum Gasteiger partial charge on any atom is 0.462 e. The minimum Gasteiger partial charge on any atom is -0.403 e. The van der Waals surface area contributed by atoms with Crippen LogP contribution in [0.2, 0.25) is 0 Å². The van der Waals surface area contributed by atoms with Gasteiger partial charge in [0.05, 0.1) is 16.1 Å². The Kier molecular flexibility index (Phi) is 3.60. The minimum absolute atomic E-state index is 0.139. The Bertz CT molecular complexity index is 531. The van der Waals surface area contributed by atoms with Crippen LogP contribution in [0.15, 0.2) is 18.2 Å². The monoisotopic (exact) mass is 281 g/mol. The molecule has 7 heteroatoms. The van der Waals surface area contributed by atoms with Crippen molar-refractivity contribution < 1.29 is 18.6 Å². The summed E-state index contributed by atoms with van der Waals surface area (Å²) in [4.78, 5) is 9.99. The predicted molar refractivity (Wildman–Crippen MR) is 72.8 cm³/mol. The Balaban J connectivity index is 2.21. The van der Waals surface area contributed by atoms with Gasteiger partial charge in [-0.15, -0.1) is 0 Å². The molecule has 2 rings (SSSR count). The van der Waals surface area contributed by atoms with Gasteiger partial charge in [0.15, 0.2) is 0 Å². The number of nitrogens with zero attached hydrogens (tertiary/aromatic N) is 1. The van der Waals surface area contributed by atoms with E-state index in [4.69, 9.17) is 9.31 Å². The average molecular weight is 281 g/mol. The van der Waals surface area contributed by atoms with Gasteiger partial charge in [0.25, 0.3) is 0 Å². The van der Waals surface area contributed by atoms with Crippen LogP contribution in [0.4, 0.5) is 10.1 Å². The number of nitro benzene ring substituents is 1.